The van der Waals surface area contributed by atoms with Gasteiger partial charge in [0.25, 0.3) is 0 Å². The van der Waals surface area contributed by atoms with Crippen molar-refractivity contribution in [2.45, 2.75) is 86.0 Å². The molecule has 1 atom stereocenters. The van der Waals surface area contributed by atoms with Gasteiger partial charge in [-0.05, 0) is 31.6 Å². The van der Waals surface area contributed by atoms with E-state index in [-0.39, 0.29) is 17.7 Å². The van der Waals surface area contributed by atoms with E-state index in [1.165, 1.54) is 9.80 Å². The van der Waals surface area contributed by atoms with Crippen molar-refractivity contribution in [2.75, 3.05) is 13.1 Å². The molecule has 5 nitrogen and oxygen atoms in total. The highest BCUT2D eigenvalue weighted by atomic mass is 16.2. The number of hydrogen-bond acceptors (Lipinski definition) is 3. The van der Waals surface area contributed by atoms with Crippen LogP contribution in [0.1, 0.15) is 86.0 Å². The molecular weight excluding hydrogens is 316 g/mol. The van der Waals surface area contributed by atoms with Crippen molar-refractivity contribution in [3.63, 3.8) is 0 Å². The molecule has 0 aromatic heterocycles. The Balaban J connectivity index is 3.27. The Hall–Kier alpha value is -1.39. The number of unbranched alkanes of at least 4 members (excludes halogenated alkanes) is 3. The summed E-state index contributed by atoms with van der Waals surface area (Å²) in [5.41, 5.74) is -1.08. The lowest BCUT2D eigenvalue weighted by Crippen LogP contribution is -2.67. The highest BCUT2D eigenvalue weighted by Gasteiger charge is 2.58. The molecule has 1 unspecified atom stereocenters. The van der Waals surface area contributed by atoms with E-state index in [4.69, 9.17) is 0 Å². The maximum absolute atomic E-state index is 13.3. The first-order valence-corrected chi connectivity index (χ1v) is 10.1. The van der Waals surface area contributed by atoms with Gasteiger partial charge in [0.2, 0.25) is 11.8 Å². The zero-order valence-corrected chi connectivity index (χ0v) is 16.8. The van der Waals surface area contributed by atoms with Crippen molar-refractivity contribution in [3.8, 4) is 0 Å². The maximum Gasteiger partial charge on any atom is 0.333 e. The fourth-order valence-electron chi connectivity index (χ4n) is 3.75. The first-order chi connectivity index (χ1) is 11.9. The molecule has 4 amide bonds. The Morgan fingerprint density at radius 1 is 0.800 bits per heavy atom. The Bertz CT molecular complexity index is 446. The number of nitrogens with zero attached hydrogens (tertiary/aromatic N) is 2. The predicted molar refractivity (Wildman–Crippen MR) is 100 cm³/mol. The van der Waals surface area contributed by atoms with Crippen molar-refractivity contribution >= 4 is 17.8 Å². The molecular formula is C20H36N2O3. The van der Waals surface area contributed by atoms with Gasteiger partial charge in [-0.3, -0.25) is 19.4 Å². The molecule has 25 heavy (non-hydrogen) atoms. The summed E-state index contributed by atoms with van der Waals surface area (Å²) in [7, 11) is 0. The van der Waals surface area contributed by atoms with Gasteiger partial charge in [0, 0.05) is 13.1 Å². The zero-order chi connectivity index (χ0) is 19.0. The van der Waals surface area contributed by atoms with Crippen LogP contribution in [-0.4, -0.2) is 40.7 Å². The topological polar surface area (TPSA) is 57.7 Å². The van der Waals surface area contributed by atoms with Crippen molar-refractivity contribution in [2.24, 2.45) is 11.3 Å². The van der Waals surface area contributed by atoms with Gasteiger partial charge in [0.05, 0.1) is 0 Å². The van der Waals surface area contributed by atoms with Crippen LogP contribution in [0.15, 0.2) is 0 Å². The lowest BCUT2D eigenvalue weighted by molar-refractivity contribution is -0.163. The minimum Gasteiger partial charge on any atom is -0.273 e. The van der Waals surface area contributed by atoms with Gasteiger partial charge in [0.15, 0.2) is 0 Å². The van der Waals surface area contributed by atoms with Crippen molar-refractivity contribution in [3.05, 3.63) is 0 Å². The second kappa shape index (κ2) is 9.93. The van der Waals surface area contributed by atoms with Crippen LogP contribution in [0.25, 0.3) is 0 Å². The molecule has 0 N–H and O–H groups in total. The van der Waals surface area contributed by atoms with Gasteiger partial charge in [-0.15, -0.1) is 0 Å². The second-order valence-corrected chi connectivity index (χ2v) is 7.27. The summed E-state index contributed by atoms with van der Waals surface area (Å²) in [6.07, 6.45) is 6.67. The van der Waals surface area contributed by atoms with Crippen LogP contribution < -0.4 is 0 Å². The monoisotopic (exact) mass is 352 g/mol. The molecule has 1 aliphatic rings. The lowest BCUT2D eigenvalue weighted by Gasteiger charge is -2.46. The molecule has 5 heteroatoms. The van der Waals surface area contributed by atoms with Gasteiger partial charge in [-0.2, -0.15) is 0 Å². The molecule has 0 spiro atoms. The third kappa shape index (κ3) is 4.24. The van der Waals surface area contributed by atoms with Gasteiger partial charge in [-0.1, -0.05) is 60.3 Å². The van der Waals surface area contributed by atoms with Crippen molar-refractivity contribution < 1.29 is 14.4 Å². The normalized spacial score (nSPS) is 18.8. The smallest absolute Gasteiger partial charge is 0.273 e. The standard InChI is InChI=1S/C20H36N2O3/c1-6-10-13-16(5)20(9-4)17(23)21(14-11-7-2)19(25)22(18(20)24)15-12-8-3/h16H,6-15H2,1-5H3. The Kier molecular flexibility index (Phi) is 8.60. The number of amides is 4. The molecule has 0 aromatic carbocycles. The molecule has 0 aliphatic carbocycles. The first kappa shape index (κ1) is 21.7. The van der Waals surface area contributed by atoms with Crippen LogP contribution in [0.4, 0.5) is 4.79 Å². The molecule has 1 aliphatic heterocycles. The van der Waals surface area contributed by atoms with E-state index in [0.29, 0.717) is 19.5 Å². The highest BCUT2D eigenvalue weighted by molar-refractivity contribution is 6.19. The summed E-state index contributed by atoms with van der Waals surface area (Å²) < 4.78 is 0. The zero-order valence-electron chi connectivity index (χ0n) is 16.8. The second-order valence-electron chi connectivity index (χ2n) is 7.27. The van der Waals surface area contributed by atoms with E-state index >= 15 is 0 Å². The van der Waals surface area contributed by atoms with Gasteiger partial charge in [-0.25, -0.2) is 4.79 Å². The van der Waals surface area contributed by atoms with Crippen LogP contribution in [0.5, 0.6) is 0 Å². The minimum absolute atomic E-state index is 0.0567. The molecule has 1 rings (SSSR count). The first-order valence-electron chi connectivity index (χ1n) is 10.1. The van der Waals surface area contributed by atoms with E-state index in [1.807, 2.05) is 27.7 Å². The SMILES string of the molecule is CCCCC(C)C1(CC)C(=O)N(CCCC)C(=O)N(CCCC)C1=O. The Morgan fingerprint density at radius 2 is 1.24 bits per heavy atom. The molecule has 1 fully saturated rings. The summed E-state index contributed by atoms with van der Waals surface area (Å²) in [6, 6.07) is -0.413. The van der Waals surface area contributed by atoms with Crippen LogP contribution >= 0.6 is 0 Å². The molecule has 0 aromatic rings. The number of imide groups is 2. The van der Waals surface area contributed by atoms with E-state index in [9.17, 15) is 14.4 Å². The number of carbonyl (C=O) groups excluding carboxylic acids is 3. The van der Waals surface area contributed by atoms with Crippen LogP contribution in [0.2, 0.25) is 0 Å². The molecule has 0 bridgehead atoms. The number of hydrogen-bond donors (Lipinski definition) is 0. The van der Waals surface area contributed by atoms with Crippen molar-refractivity contribution in [1.82, 2.24) is 9.80 Å². The maximum atomic E-state index is 13.3. The fourth-order valence-corrected chi connectivity index (χ4v) is 3.75. The van der Waals surface area contributed by atoms with Crippen LogP contribution in [-0.2, 0) is 9.59 Å². The summed E-state index contributed by atoms with van der Waals surface area (Å²) in [5, 5.41) is 0. The number of urea groups is 1. The molecule has 0 saturated carbocycles. The highest BCUT2D eigenvalue weighted by Crippen LogP contribution is 2.42. The van der Waals surface area contributed by atoms with Gasteiger partial charge >= 0.3 is 6.03 Å². The summed E-state index contributed by atoms with van der Waals surface area (Å²) in [5.74, 6) is -0.594. The number of barbiturate groups is 1. The van der Waals surface area contributed by atoms with E-state index in [1.54, 1.807) is 0 Å². The molecule has 0 radical (unpaired) electrons. The Morgan fingerprint density at radius 3 is 1.60 bits per heavy atom. The van der Waals surface area contributed by atoms with Gasteiger partial charge < -0.3 is 0 Å². The van der Waals surface area contributed by atoms with Crippen molar-refractivity contribution in [1.29, 1.82) is 0 Å². The van der Waals surface area contributed by atoms with Crippen LogP contribution in [0.3, 0.4) is 0 Å². The molecule has 1 saturated heterocycles. The van der Waals surface area contributed by atoms with E-state index < -0.39 is 11.4 Å². The molecule has 144 valence electrons. The summed E-state index contributed by atoms with van der Waals surface area (Å²) in [6.45, 7) is 10.9. The van der Waals surface area contributed by atoms with E-state index in [2.05, 4.69) is 6.92 Å². The lowest BCUT2D eigenvalue weighted by atomic mass is 9.68. The Labute approximate surface area is 153 Å². The third-order valence-electron chi connectivity index (χ3n) is 5.58. The average Bonchev–Trinajstić information content (AvgIpc) is 2.60. The minimum atomic E-state index is -1.08. The fraction of sp³-hybridized carbons (Fsp3) is 0.850. The van der Waals surface area contributed by atoms with Gasteiger partial charge in [0.1, 0.15) is 5.41 Å². The van der Waals surface area contributed by atoms with E-state index in [0.717, 1.165) is 44.9 Å². The largest absolute Gasteiger partial charge is 0.333 e. The summed E-state index contributed by atoms with van der Waals surface area (Å²) in [4.78, 5) is 42.1. The summed E-state index contributed by atoms with van der Waals surface area (Å²) >= 11 is 0. The average molecular weight is 353 g/mol. The third-order valence-corrected chi connectivity index (χ3v) is 5.58. The number of carbonyl (C=O) groups is 3. The van der Waals surface area contributed by atoms with Crippen LogP contribution in [0, 0.1) is 11.3 Å². The quantitative estimate of drug-likeness (QED) is 0.511. The number of rotatable bonds is 11. The predicted octanol–water partition coefficient (Wildman–Crippen LogP) is 4.60. The molecule has 1 heterocycles.